The summed E-state index contributed by atoms with van der Waals surface area (Å²) in [5, 5.41) is 0. The molecule has 2 rings (SSSR count). The highest BCUT2D eigenvalue weighted by Gasteiger charge is 2.12. The van der Waals surface area contributed by atoms with E-state index in [1.807, 2.05) is 24.3 Å². The quantitative estimate of drug-likeness (QED) is 0.625. The normalized spacial score (nSPS) is 10.8. The van der Waals surface area contributed by atoms with E-state index in [0.29, 0.717) is 5.69 Å². The summed E-state index contributed by atoms with van der Waals surface area (Å²) >= 11 is 3.37. The Hall–Kier alpha value is -2.01. The Morgan fingerprint density at radius 3 is 2.80 bits per heavy atom. The number of methoxy groups -OCH3 is 1. The van der Waals surface area contributed by atoms with Crippen LogP contribution in [0, 0.1) is 5.82 Å². The molecule has 0 bridgehead atoms. The smallest absolute Gasteiger partial charge is 0.340 e. The zero-order valence-corrected chi connectivity index (χ0v) is 12.2. The van der Waals surface area contributed by atoms with Gasteiger partial charge in [-0.25, -0.2) is 9.18 Å². The predicted octanol–water partition coefficient (Wildman–Crippen LogP) is 4.13. The van der Waals surface area contributed by atoms with Gasteiger partial charge in [-0.05, 0) is 35.9 Å². The van der Waals surface area contributed by atoms with E-state index in [1.54, 1.807) is 6.21 Å². The van der Waals surface area contributed by atoms with Crippen LogP contribution >= 0.6 is 15.9 Å². The molecule has 0 fully saturated rings. The van der Waals surface area contributed by atoms with Crippen molar-refractivity contribution < 1.29 is 13.9 Å². The topological polar surface area (TPSA) is 38.7 Å². The van der Waals surface area contributed by atoms with Gasteiger partial charge in [0, 0.05) is 10.7 Å². The summed E-state index contributed by atoms with van der Waals surface area (Å²) in [6.45, 7) is 0. The van der Waals surface area contributed by atoms with E-state index in [4.69, 9.17) is 0 Å². The molecule has 0 saturated heterocycles. The average Bonchev–Trinajstić information content (AvgIpc) is 2.45. The van der Waals surface area contributed by atoms with Gasteiger partial charge in [0.1, 0.15) is 5.82 Å². The van der Waals surface area contributed by atoms with Crippen LogP contribution < -0.4 is 0 Å². The lowest BCUT2D eigenvalue weighted by Gasteiger charge is -2.02. The van der Waals surface area contributed by atoms with Crippen molar-refractivity contribution in [2.24, 2.45) is 4.99 Å². The fourth-order valence-corrected chi connectivity index (χ4v) is 2.01. The van der Waals surface area contributed by atoms with Crippen molar-refractivity contribution in [2.75, 3.05) is 7.11 Å². The van der Waals surface area contributed by atoms with Gasteiger partial charge in [-0.2, -0.15) is 0 Å². The fourth-order valence-electron chi connectivity index (χ4n) is 1.60. The lowest BCUT2D eigenvalue weighted by atomic mass is 10.2. The Bertz CT molecular complexity index is 671. The van der Waals surface area contributed by atoms with Gasteiger partial charge in [0.15, 0.2) is 0 Å². The van der Waals surface area contributed by atoms with Crippen LogP contribution in [0.15, 0.2) is 51.9 Å². The molecule has 0 heterocycles. The van der Waals surface area contributed by atoms with Crippen molar-refractivity contribution in [1.82, 2.24) is 0 Å². The Labute approximate surface area is 124 Å². The lowest BCUT2D eigenvalue weighted by molar-refractivity contribution is 0.0595. The van der Waals surface area contributed by atoms with Gasteiger partial charge in [-0.3, -0.25) is 4.99 Å². The SMILES string of the molecule is COC(=O)c1cc(N=Cc2cccc(Br)c2)ccc1F. The minimum absolute atomic E-state index is 0.128. The summed E-state index contributed by atoms with van der Waals surface area (Å²) in [7, 11) is 1.21. The molecule has 5 heteroatoms. The second kappa shape index (κ2) is 6.43. The molecule has 0 atom stereocenters. The number of hydrogen-bond donors (Lipinski definition) is 0. The molecule has 0 radical (unpaired) electrons. The van der Waals surface area contributed by atoms with Crippen LogP contribution in [-0.4, -0.2) is 19.3 Å². The standard InChI is InChI=1S/C15H11BrFNO2/c1-20-15(19)13-8-12(5-6-14(13)17)18-9-10-3-2-4-11(16)7-10/h2-9H,1H3. The number of nitrogens with zero attached hydrogens (tertiary/aromatic N) is 1. The van der Waals surface area contributed by atoms with Crippen molar-refractivity contribution in [2.45, 2.75) is 0 Å². The summed E-state index contributed by atoms with van der Waals surface area (Å²) < 4.78 is 18.9. The summed E-state index contributed by atoms with van der Waals surface area (Å²) in [6.07, 6.45) is 1.64. The predicted molar refractivity (Wildman–Crippen MR) is 79.1 cm³/mol. The van der Waals surface area contributed by atoms with E-state index in [-0.39, 0.29) is 5.56 Å². The van der Waals surface area contributed by atoms with Gasteiger partial charge in [0.05, 0.1) is 18.4 Å². The monoisotopic (exact) mass is 335 g/mol. The molecule has 0 amide bonds. The second-order valence-corrected chi connectivity index (χ2v) is 4.88. The molecule has 3 nitrogen and oxygen atoms in total. The maximum atomic E-state index is 13.5. The van der Waals surface area contributed by atoms with Crippen LogP contribution in [0.1, 0.15) is 15.9 Å². The highest BCUT2D eigenvalue weighted by atomic mass is 79.9. The number of ether oxygens (including phenoxy) is 1. The van der Waals surface area contributed by atoms with Crippen molar-refractivity contribution >= 4 is 33.8 Å². The average molecular weight is 336 g/mol. The van der Waals surface area contributed by atoms with Gasteiger partial charge < -0.3 is 4.74 Å². The molecule has 0 aromatic heterocycles. The second-order valence-electron chi connectivity index (χ2n) is 3.97. The van der Waals surface area contributed by atoms with E-state index in [2.05, 4.69) is 25.7 Å². The minimum Gasteiger partial charge on any atom is -0.465 e. The van der Waals surface area contributed by atoms with E-state index >= 15 is 0 Å². The molecular weight excluding hydrogens is 325 g/mol. The van der Waals surface area contributed by atoms with Crippen molar-refractivity contribution in [3.8, 4) is 0 Å². The number of hydrogen-bond acceptors (Lipinski definition) is 3. The van der Waals surface area contributed by atoms with Crippen LogP contribution in [-0.2, 0) is 4.74 Å². The summed E-state index contributed by atoms with van der Waals surface area (Å²) in [4.78, 5) is 15.6. The Morgan fingerprint density at radius 1 is 1.30 bits per heavy atom. The Balaban J connectivity index is 2.28. The number of carbonyl (C=O) groups excluding carboxylic acids is 1. The van der Waals surface area contributed by atoms with Crippen molar-refractivity contribution in [1.29, 1.82) is 0 Å². The molecule has 0 saturated carbocycles. The van der Waals surface area contributed by atoms with Gasteiger partial charge in [-0.15, -0.1) is 0 Å². The van der Waals surface area contributed by atoms with Crippen LogP contribution in [0.5, 0.6) is 0 Å². The first-order chi connectivity index (χ1) is 9.60. The highest BCUT2D eigenvalue weighted by molar-refractivity contribution is 9.10. The molecule has 0 aliphatic rings. The lowest BCUT2D eigenvalue weighted by Crippen LogP contribution is -2.03. The fraction of sp³-hybridized carbons (Fsp3) is 0.0667. The third kappa shape index (κ3) is 3.51. The molecule has 0 spiro atoms. The largest absolute Gasteiger partial charge is 0.465 e. The number of rotatable bonds is 3. The summed E-state index contributed by atoms with van der Waals surface area (Å²) in [5.74, 6) is -1.35. The molecule has 2 aromatic carbocycles. The van der Waals surface area contributed by atoms with Gasteiger partial charge >= 0.3 is 5.97 Å². The number of carbonyl (C=O) groups is 1. The number of halogens is 2. The van der Waals surface area contributed by atoms with E-state index in [9.17, 15) is 9.18 Å². The summed E-state index contributed by atoms with van der Waals surface area (Å²) in [6, 6.07) is 11.6. The van der Waals surface area contributed by atoms with Crippen LogP contribution in [0.2, 0.25) is 0 Å². The molecule has 0 aliphatic carbocycles. The Morgan fingerprint density at radius 2 is 2.10 bits per heavy atom. The van der Waals surface area contributed by atoms with Gasteiger partial charge in [0.2, 0.25) is 0 Å². The zero-order valence-electron chi connectivity index (χ0n) is 10.6. The van der Waals surface area contributed by atoms with E-state index in [1.165, 1.54) is 25.3 Å². The molecule has 0 unspecified atom stereocenters. The molecule has 102 valence electrons. The first kappa shape index (κ1) is 14.4. The number of esters is 1. The molecule has 2 aromatic rings. The molecular formula is C15H11BrFNO2. The van der Waals surface area contributed by atoms with Crippen molar-refractivity contribution in [3.05, 3.63) is 63.9 Å². The third-order valence-electron chi connectivity index (χ3n) is 2.57. The van der Waals surface area contributed by atoms with Crippen molar-refractivity contribution in [3.63, 3.8) is 0 Å². The zero-order chi connectivity index (χ0) is 14.5. The van der Waals surface area contributed by atoms with Crippen LogP contribution in [0.25, 0.3) is 0 Å². The minimum atomic E-state index is -0.720. The molecule has 0 aliphatic heterocycles. The third-order valence-corrected chi connectivity index (χ3v) is 3.06. The summed E-state index contributed by atoms with van der Waals surface area (Å²) in [5.41, 5.74) is 1.24. The van der Waals surface area contributed by atoms with Gasteiger partial charge in [-0.1, -0.05) is 28.1 Å². The van der Waals surface area contributed by atoms with Crippen LogP contribution in [0.4, 0.5) is 10.1 Å². The maximum absolute atomic E-state index is 13.5. The Kier molecular flexibility index (Phi) is 4.63. The van der Waals surface area contributed by atoms with E-state index in [0.717, 1.165) is 10.0 Å². The van der Waals surface area contributed by atoms with E-state index < -0.39 is 11.8 Å². The first-order valence-corrected chi connectivity index (χ1v) is 6.57. The van der Waals surface area contributed by atoms with Gasteiger partial charge in [0.25, 0.3) is 0 Å². The molecule has 0 N–H and O–H groups in total. The maximum Gasteiger partial charge on any atom is 0.340 e. The highest BCUT2D eigenvalue weighted by Crippen LogP contribution is 2.19. The molecule has 20 heavy (non-hydrogen) atoms. The first-order valence-electron chi connectivity index (χ1n) is 5.77. The number of benzene rings is 2. The number of aliphatic imine (C=N–C) groups is 1. The van der Waals surface area contributed by atoms with Crippen LogP contribution in [0.3, 0.4) is 0 Å².